The third-order valence-electron chi connectivity index (χ3n) is 7.07. The minimum Gasteiger partial charge on any atom is -0.352 e. The van der Waals surface area contributed by atoms with Crippen molar-refractivity contribution < 1.29 is 9.59 Å². The van der Waals surface area contributed by atoms with Crippen molar-refractivity contribution in [2.45, 2.75) is 12.8 Å². The predicted octanol–water partition coefficient (Wildman–Crippen LogP) is 4.11. The van der Waals surface area contributed by atoms with Gasteiger partial charge in [-0.05, 0) is 29.7 Å². The molecule has 2 amide bonds. The molecular weight excluding hydrogens is 486 g/mol. The van der Waals surface area contributed by atoms with E-state index in [1.165, 1.54) is 0 Å². The number of benzene rings is 3. The molecule has 0 radical (unpaired) electrons. The van der Waals surface area contributed by atoms with Crippen molar-refractivity contribution in [1.82, 2.24) is 20.0 Å². The lowest BCUT2D eigenvalue weighted by molar-refractivity contribution is -0.140. The van der Waals surface area contributed by atoms with Gasteiger partial charge >= 0.3 is 0 Å². The average molecular weight is 520 g/mol. The molecule has 0 N–H and O–H groups in total. The van der Waals surface area contributed by atoms with E-state index in [9.17, 15) is 9.59 Å². The molecule has 3 aromatic carbocycles. The van der Waals surface area contributed by atoms with Crippen molar-refractivity contribution in [2.75, 3.05) is 44.2 Å². The first-order valence-corrected chi connectivity index (χ1v) is 13.4. The van der Waals surface area contributed by atoms with E-state index in [0.29, 0.717) is 39.1 Å². The van der Waals surface area contributed by atoms with E-state index in [1.807, 2.05) is 95.9 Å². The molecule has 1 fully saturated rings. The normalized spacial score (nSPS) is 13.2. The molecule has 0 bridgehead atoms. The quantitative estimate of drug-likeness (QED) is 0.333. The van der Waals surface area contributed by atoms with Gasteiger partial charge in [0.05, 0.1) is 18.7 Å². The molecule has 2 heterocycles. The molecule has 0 unspecified atom stereocenters. The zero-order chi connectivity index (χ0) is 26.9. The van der Waals surface area contributed by atoms with Crippen LogP contribution in [0.3, 0.4) is 0 Å². The maximum absolute atomic E-state index is 13.3. The Morgan fingerprint density at radius 2 is 1.31 bits per heavy atom. The maximum atomic E-state index is 13.3. The lowest BCUT2D eigenvalue weighted by Crippen LogP contribution is -2.52. The molecule has 1 aliphatic rings. The monoisotopic (exact) mass is 519 g/mol. The summed E-state index contributed by atoms with van der Waals surface area (Å²) in [5.41, 5.74) is 3.97. The van der Waals surface area contributed by atoms with Crippen LogP contribution in [0.2, 0.25) is 0 Å². The van der Waals surface area contributed by atoms with Gasteiger partial charge in [-0.25, -0.2) is 0 Å². The summed E-state index contributed by atoms with van der Waals surface area (Å²) >= 11 is 0. The summed E-state index contributed by atoms with van der Waals surface area (Å²) < 4.78 is 0. The topological polar surface area (TPSA) is 69.6 Å². The molecule has 198 valence electrons. The first kappa shape index (κ1) is 26.1. The fourth-order valence-corrected chi connectivity index (χ4v) is 4.79. The van der Waals surface area contributed by atoms with E-state index in [-0.39, 0.29) is 24.8 Å². The summed E-state index contributed by atoms with van der Waals surface area (Å²) in [5.74, 6) is 0.761. The third kappa shape index (κ3) is 7.08. The van der Waals surface area contributed by atoms with Crippen molar-refractivity contribution in [3.05, 3.63) is 114 Å². The summed E-state index contributed by atoms with van der Waals surface area (Å²) in [4.78, 5) is 32.3. The lowest BCUT2D eigenvalue weighted by Gasteiger charge is -2.36. The SMILES string of the molecule is O=C(CN(CCc1ccccc1)C(=O)Cc1ccccc1)N1CCN(c2ccc(-c3ccccc3)nn2)CC1. The smallest absolute Gasteiger partial charge is 0.242 e. The molecular formula is C32H33N5O2. The van der Waals surface area contributed by atoms with Gasteiger partial charge in [0, 0.05) is 38.3 Å². The van der Waals surface area contributed by atoms with E-state index in [4.69, 9.17) is 0 Å². The first-order chi connectivity index (χ1) is 19.2. The minimum absolute atomic E-state index is 0.0189. The number of piperazine rings is 1. The Kier molecular flexibility index (Phi) is 8.58. The Hall–Kier alpha value is -4.52. The largest absolute Gasteiger partial charge is 0.352 e. The van der Waals surface area contributed by atoms with Crippen LogP contribution in [-0.4, -0.2) is 71.1 Å². The number of aromatic nitrogens is 2. The van der Waals surface area contributed by atoms with Crippen LogP contribution in [0.15, 0.2) is 103 Å². The molecule has 5 rings (SSSR count). The van der Waals surface area contributed by atoms with Crippen LogP contribution in [0.5, 0.6) is 0 Å². The molecule has 0 spiro atoms. The van der Waals surface area contributed by atoms with E-state index >= 15 is 0 Å². The molecule has 7 heteroatoms. The summed E-state index contributed by atoms with van der Waals surface area (Å²) in [5, 5.41) is 8.83. The van der Waals surface area contributed by atoms with Gasteiger partial charge in [-0.15, -0.1) is 10.2 Å². The number of carbonyl (C=O) groups is 2. The van der Waals surface area contributed by atoms with Gasteiger partial charge < -0.3 is 14.7 Å². The van der Waals surface area contributed by atoms with Crippen molar-refractivity contribution in [3.8, 4) is 11.3 Å². The Labute approximate surface area is 229 Å². The standard InChI is InChI=1S/C32H33N5O2/c38-31(24-27-12-6-2-7-13-27)37(19-18-26-10-4-1-5-11-26)25-32(39)36-22-20-35(21-23-36)30-17-16-29(33-34-30)28-14-8-3-9-15-28/h1-17H,18-25H2. The van der Waals surface area contributed by atoms with Crippen LogP contribution in [0, 0.1) is 0 Å². The number of amides is 2. The Morgan fingerprint density at radius 1 is 0.692 bits per heavy atom. The Morgan fingerprint density at radius 3 is 1.92 bits per heavy atom. The van der Waals surface area contributed by atoms with Gasteiger partial charge in [-0.1, -0.05) is 91.0 Å². The lowest BCUT2D eigenvalue weighted by atomic mass is 10.1. The number of carbonyl (C=O) groups excluding carboxylic acids is 2. The summed E-state index contributed by atoms with van der Waals surface area (Å²) in [6, 6.07) is 33.7. The molecule has 1 aliphatic heterocycles. The molecule has 0 atom stereocenters. The molecule has 0 aliphatic carbocycles. The van der Waals surface area contributed by atoms with E-state index in [2.05, 4.69) is 27.2 Å². The number of rotatable bonds is 9. The van der Waals surface area contributed by atoms with Crippen LogP contribution in [0.4, 0.5) is 5.82 Å². The molecule has 7 nitrogen and oxygen atoms in total. The van der Waals surface area contributed by atoms with Crippen LogP contribution in [0.25, 0.3) is 11.3 Å². The summed E-state index contributed by atoms with van der Waals surface area (Å²) in [7, 11) is 0. The van der Waals surface area contributed by atoms with Crippen molar-refractivity contribution in [1.29, 1.82) is 0 Å². The number of hydrogen-bond donors (Lipinski definition) is 0. The highest BCUT2D eigenvalue weighted by Gasteiger charge is 2.25. The van der Waals surface area contributed by atoms with Crippen molar-refractivity contribution in [3.63, 3.8) is 0 Å². The fourth-order valence-electron chi connectivity index (χ4n) is 4.79. The zero-order valence-electron chi connectivity index (χ0n) is 22.0. The number of hydrogen-bond acceptors (Lipinski definition) is 5. The van der Waals surface area contributed by atoms with Gasteiger partial charge in [0.1, 0.15) is 0 Å². The van der Waals surface area contributed by atoms with Gasteiger partial charge in [-0.3, -0.25) is 9.59 Å². The second kappa shape index (κ2) is 12.8. The third-order valence-corrected chi connectivity index (χ3v) is 7.07. The molecule has 4 aromatic rings. The fraction of sp³-hybridized carbons (Fsp3) is 0.250. The van der Waals surface area contributed by atoms with Gasteiger partial charge in [0.15, 0.2) is 5.82 Å². The Bertz CT molecular complexity index is 1340. The highest BCUT2D eigenvalue weighted by Crippen LogP contribution is 2.19. The van der Waals surface area contributed by atoms with Crippen LogP contribution in [-0.2, 0) is 22.4 Å². The molecule has 1 aromatic heterocycles. The zero-order valence-corrected chi connectivity index (χ0v) is 22.0. The second-order valence-corrected chi connectivity index (χ2v) is 9.72. The predicted molar refractivity (Wildman–Crippen MR) is 153 cm³/mol. The molecule has 0 saturated carbocycles. The van der Waals surface area contributed by atoms with E-state index < -0.39 is 0 Å². The van der Waals surface area contributed by atoms with Crippen LogP contribution >= 0.6 is 0 Å². The highest BCUT2D eigenvalue weighted by atomic mass is 16.2. The van der Waals surface area contributed by atoms with Crippen LogP contribution < -0.4 is 4.90 Å². The first-order valence-electron chi connectivity index (χ1n) is 13.4. The van der Waals surface area contributed by atoms with E-state index in [0.717, 1.165) is 28.2 Å². The summed E-state index contributed by atoms with van der Waals surface area (Å²) in [6.07, 6.45) is 0.994. The Balaban J connectivity index is 1.18. The highest BCUT2D eigenvalue weighted by molar-refractivity contribution is 5.86. The number of nitrogens with zero attached hydrogens (tertiary/aromatic N) is 5. The van der Waals surface area contributed by atoms with Crippen molar-refractivity contribution in [2.24, 2.45) is 0 Å². The van der Waals surface area contributed by atoms with Gasteiger partial charge in [0.2, 0.25) is 11.8 Å². The summed E-state index contributed by atoms with van der Waals surface area (Å²) in [6.45, 7) is 3.11. The van der Waals surface area contributed by atoms with Gasteiger partial charge in [-0.2, -0.15) is 0 Å². The maximum Gasteiger partial charge on any atom is 0.242 e. The molecule has 1 saturated heterocycles. The average Bonchev–Trinajstić information content (AvgIpc) is 3.01. The molecule has 39 heavy (non-hydrogen) atoms. The van der Waals surface area contributed by atoms with Crippen LogP contribution in [0.1, 0.15) is 11.1 Å². The van der Waals surface area contributed by atoms with Gasteiger partial charge in [0.25, 0.3) is 0 Å². The number of anilines is 1. The minimum atomic E-state index is -0.0297. The second-order valence-electron chi connectivity index (χ2n) is 9.72. The van der Waals surface area contributed by atoms with E-state index in [1.54, 1.807) is 4.90 Å². The van der Waals surface area contributed by atoms with Crippen molar-refractivity contribution >= 4 is 17.6 Å².